The molecular weight excluding hydrogens is 289 g/mol. The van der Waals surface area contributed by atoms with Crippen LogP contribution >= 0.6 is 22.6 Å². The summed E-state index contributed by atoms with van der Waals surface area (Å²) in [4.78, 5) is 0. The van der Waals surface area contributed by atoms with Gasteiger partial charge in [0.25, 0.3) is 0 Å². The summed E-state index contributed by atoms with van der Waals surface area (Å²) in [6.45, 7) is 0. The van der Waals surface area contributed by atoms with Crippen LogP contribution in [0.15, 0.2) is 30.3 Å². The Balaban J connectivity index is 2.95. The third-order valence-corrected chi connectivity index (χ3v) is 2.99. The first-order valence-electron chi connectivity index (χ1n) is 4.04. The molecule has 0 heterocycles. The molecule has 0 atom stereocenters. The van der Waals surface area contributed by atoms with Crippen LogP contribution in [0, 0.1) is 14.9 Å². The van der Waals surface area contributed by atoms with Gasteiger partial charge in [0.2, 0.25) is 0 Å². The average molecular weight is 295 g/mol. The number of hydrogen-bond acceptors (Lipinski definition) is 2. The first-order chi connectivity index (χ1) is 6.74. The maximum atomic E-state index is 9.80. The molecule has 0 aliphatic rings. The van der Waals surface area contributed by atoms with Gasteiger partial charge in [-0.25, -0.2) is 0 Å². The Morgan fingerprint density at radius 3 is 2.71 bits per heavy atom. The summed E-state index contributed by atoms with van der Waals surface area (Å²) in [5.74, 6) is 0.0787. The SMILES string of the molecule is N#Cc1ccc2cccc(I)c2c1O. The highest BCUT2D eigenvalue weighted by atomic mass is 127. The van der Waals surface area contributed by atoms with Gasteiger partial charge in [-0.3, -0.25) is 0 Å². The summed E-state index contributed by atoms with van der Waals surface area (Å²) < 4.78 is 0.953. The first-order valence-corrected chi connectivity index (χ1v) is 5.12. The third kappa shape index (κ3) is 1.32. The lowest BCUT2D eigenvalue weighted by atomic mass is 10.1. The minimum absolute atomic E-state index is 0.0787. The van der Waals surface area contributed by atoms with Gasteiger partial charge < -0.3 is 5.11 Å². The van der Waals surface area contributed by atoms with Crippen molar-refractivity contribution < 1.29 is 5.11 Å². The van der Waals surface area contributed by atoms with Crippen molar-refractivity contribution in [3.05, 3.63) is 39.5 Å². The van der Waals surface area contributed by atoms with Gasteiger partial charge in [0.15, 0.2) is 0 Å². The van der Waals surface area contributed by atoms with E-state index in [9.17, 15) is 5.11 Å². The maximum Gasteiger partial charge on any atom is 0.142 e. The zero-order valence-corrected chi connectivity index (χ0v) is 9.32. The number of hydrogen-bond donors (Lipinski definition) is 1. The minimum atomic E-state index is 0.0787. The Labute approximate surface area is 94.9 Å². The van der Waals surface area contributed by atoms with Gasteiger partial charge >= 0.3 is 0 Å². The highest BCUT2D eigenvalue weighted by molar-refractivity contribution is 14.1. The molecule has 0 aromatic heterocycles. The largest absolute Gasteiger partial charge is 0.506 e. The number of fused-ring (bicyclic) bond motifs is 1. The minimum Gasteiger partial charge on any atom is -0.506 e. The summed E-state index contributed by atoms with van der Waals surface area (Å²) in [7, 11) is 0. The molecule has 0 radical (unpaired) electrons. The molecule has 0 saturated heterocycles. The molecule has 3 heteroatoms. The number of benzene rings is 2. The molecule has 1 N–H and O–H groups in total. The van der Waals surface area contributed by atoms with Gasteiger partial charge in [-0.2, -0.15) is 5.26 Å². The number of rotatable bonds is 0. The molecule has 2 aromatic carbocycles. The fourth-order valence-electron chi connectivity index (χ4n) is 1.41. The van der Waals surface area contributed by atoms with Crippen LogP contribution in [0.25, 0.3) is 10.8 Å². The van der Waals surface area contributed by atoms with Gasteiger partial charge in [0, 0.05) is 8.96 Å². The standard InChI is InChI=1S/C11H6INO/c12-9-3-1-2-7-4-5-8(6-13)11(14)10(7)9/h1-5,14H. The molecule has 2 nitrogen and oxygen atoms in total. The molecule has 68 valence electrons. The van der Waals surface area contributed by atoms with Crippen molar-refractivity contribution in [3.63, 3.8) is 0 Å². The summed E-state index contributed by atoms with van der Waals surface area (Å²) >= 11 is 2.15. The molecule has 0 bridgehead atoms. The van der Waals surface area contributed by atoms with E-state index in [0.29, 0.717) is 5.56 Å². The number of nitriles is 1. The van der Waals surface area contributed by atoms with Crippen molar-refractivity contribution in [2.24, 2.45) is 0 Å². The smallest absolute Gasteiger partial charge is 0.142 e. The Morgan fingerprint density at radius 1 is 1.21 bits per heavy atom. The highest BCUT2D eigenvalue weighted by Crippen LogP contribution is 2.31. The number of halogens is 1. The fraction of sp³-hybridized carbons (Fsp3) is 0. The Bertz CT molecular complexity index is 543. The van der Waals surface area contributed by atoms with Gasteiger partial charge in [-0.05, 0) is 40.1 Å². The zero-order valence-electron chi connectivity index (χ0n) is 7.16. The average Bonchev–Trinajstić information content (AvgIpc) is 2.18. The monoisotopic (exact) mass is 295 g/mol. The molecule has 2 aromatic rings. The molecule has 0 amide bonds. The second kappa shape index (κ2) is 3.46. The molecule has 0 fully saturated rings. The predicted molar refractivity (Wildman–Crippen MR) is 63.0 cm³/mol. The van der Waals surface area contributed by atoms with E-state index in [0.717, 1.165) is 14.3 Å². The first kappa shape index (κ1) is 9.28. The predicted octanol–water partition coefficient (Wildman–Crippen LogP) is 3.02. The summed E-state index contributed by atoms with van der Waals surface area (Å²) in [5.41, 5.74) is 0.321. The van der Waals surface area contributed by atoms with Crippen molar-refractivity contribution in [2.75, 3.05) is 0 Å². The molecule has 0 aliphatic heterocycles. The van der Waals surface area contributed by atoms with E-state index in [2.05, 4.69) is 22.6 Å². The van der Waals surface area contributed by atoms with E-state index in [4.69, 9.17) is 5.26 Å². The van der Waals surface area contributed by atoms with E-state index in [-0.39, 0.29) is 5.75 Å². The van der Waals surface area contributed by atoms with Gasteiger partial charge in [0.05, 0.1) is 5.56 Å². The van der Waals surface area contributed by atoms with Crippen LogP contribution in [-0.4, -0.2) is 5.11 Å². The lowest BCUT2D eigenvalue weighted by Crippen LogP contribution is -1.82. The van der Waals surface area contributed by atoms with E-state index in [1.807, 2.05) is 30.3 Å². The fourth-order valence-corrected chi connectivity index (χ4v) is 2.18. The van der Waals surface area contributed by atoms with E-state index < -0.39 is 0 Å². The van der Waals surface area contributed by atoms with Crippen LogP contribution in [0.5, 0.6) is 5.75 Å². The van der Waals surface area contributed by atoms with Crippen molar-refractivity contribution in [1.29, 1.82) is 5.26 Å². The van der Waals surface area contributed by atoms with Gasteiger partial charge in [0.1, 0.15) is 11.8 Å². The molecule has 0 spiro atoms. The van der Waals surface area contributed by atoms with E-state index in [1.165, 1.54) is 0 Å². The van der Waals surface area contributed by atoms with Gasteiger partial charge in [-0.15, -0.1) is 0 Å². The van der Waals surface area contributed by atoms with Crippen LogP contribution in [0.1, 0.15) is 5.56 Å². The van der Waals surface area contributed by atoms with E-state index in [1.54, 1.807) is 6.07 Å². The Kier molecular flexibility index (Phi) is 2.30. The van der Waals surface area contributed by atoms with Crippen LogP contribution < -0.4 is 0 Å². The number of phenols is 1. The molecule has 2 rings (SSSR count). The normalized spacial score (nSPS) is 10.0. The Morgan fingerprint density at radius 2 is 2.00 bits per heavy atom. The second-order valence-electron chi connectivity index (χ2n) is 2.91. The Hall–Kier alpha value is -1.28. The van der Waals surface area contributed by atoms with Crippen LogP contribution in [0.2, 0.25) is 0 Å². The second-order valence-corrected chi connectivity index (χ2v) is 4.07. The third-order valence-electron chi connectivity index (χ3n) is 2.09. The van der Waals surface area contributed by atoms with Crippen molar-refractivity contribution in [2.45, 2.75) is 0 Å². The molecule has 14 heavy (non-hydrogen) atoms. The summed E-state index contributed by atoms with van der Waals surface area (Å²) in [6, 6.07) is 11.2. The van der Waals surface area contributed by atoms with Gasteiger partial charge in [-0.1, -0.05) is 18.2 Å². The lowest BCUT2D eigenvalue weighted by molar-refractivity contribution is 0.479. The van der Waals surface area contributed by atoms with Crippen LogP contribution in [-0.2, 0) is 0 Å². The van der Waals surface area contributed by atoms with Crippen LogP contribution in [0.3, 0.4) is 0 Å². The topological polar surface area (TPSA) is 44.0 Å². The van der Waals surface area contributed by atoms with Crippen molar-refractivity contribution in [1.82, 2.24) is 0 Å². The van der Waals surface area contributed by atoms with Crippen molar-refractivity contribution >= 4 is 33.4 Å². The molecule has 0 aliphatic carbocycles. The molecule has 0 saturated carbocycles. The van der Waals surface area contributed by atoms with Crippen LogP contribution in [0.4, 0.5) is 0 Å². The molecule has 0 unspecified atom stereocenters. The number of phenolic OH excluding ortho intramolecular Hbond substituents is 1. The number of aromatic hydroxyl groups is 1. The molecular formula is C11H6INO. The lowest BCUT2D eigenvalue weighted by Gasteiger charge is -2.04. The summed E-state index contributed by atoms with van der Waals surface area (Å²) in [5, 5.41) is 20.3. The zero-order chi connectivity index (χ0) is 10.1. The highest BCUT2D eigenvalue weighted by Gasteiger charge is 2.07. The van der Waals surface area contributed by atoms with E-state index >= 15 is 0 Å². The number of nitrogens with zero attached hydrogens (tertiary/aromatic N) is 1. The maximum absolute atomic E-state index is 9.80. The summed E-state index contributed by atoms with van der Waals surface area (Å²) in [6.07, 6.45) is 0. The van der Waals surface area contributed by atoms with Crippen molar-refractivity contribution in [3.8, 4) is 11.8 Å². The quantitative estimate of drug-likeness (QED) is 0.759.